The molecule has 0 aliphatic carbocycles. The Hall–Kier alpha value is -2.26. The van der Waals surface area contributed by atoms with Crippen molar-refractivity contribution in [2.45, 2.75) is 136 Å². The first-order valence-corrected chi connectivity index (χ1v) is 18.5. The first-order valence-electron chi connectivity index (χ1n) is 18.5. The Morgan fingerprint density at radius 2 is 1.38 bits per heavy atom. The second-order valence-electron chi connectivity index (χ2n) is 13.2. The van der Waals surface area contributed by atoms with Crippen LogP contribution in [-0.4, -0.2) is 62.0 Å². The summed E-state index contributed by atoms with van der Waals surface area (Å²) in [5.41, 5.74) is 5.95. The highest BCUT2D eigenvalue weighted by molar-refractivity contribution is 5.82. The van der Waals surface area contributed by atoms with Crippen molar-refractivity contribution in [2.75, 3.05) is 33.0 Å². The van der Waals surface area contributed by atoms with E-state index in [0.29, 0.717) is 39.6 Å². The summed E-state index contributed by atoms with van der Waals surface area (Å²) in [6.07, 6.45) is 9.81. The van der Waals surface area contributed by atoms with Gasteiger partial charge in [-0.15, -0.1) is 0 Å². The van der Waals surface area contributed by atoms with Crippen LogP contribution in [0.4, 0.5) is 0 Å². The average molecular weight is 650 g/mol. The van der Waals surface area contributed by atoms with Crippen LogP contribution in [0.1, 0.15) is 108 Å². The maximum atomic E-state index is 7.19. The van der Waals surface area contributed by atoms with Gasteiger partial charge in [-0.05, 0) is 72.4 Å². The predicted molar refractivity (Wildman–Crippen MR) is 188 cm³/mol. The second kappa shape index (κ2) is 17.9. The predicted octanol–water partition coefficient (Wildman–Crippen LogP) is 8.71. The molecular weight excluding hydrogens is 590 g/mol. The van der Waals surface area contributed by atoms with Gasteiger partial charge in [0.1, 0.15) is 24.4 Å². The van der Waals surface area contributed by atoms with Gasteiger partial charge in [0.25, 0.3) is 0 Å². The SMILES string of the molecule is CCCCOC[C@H]1O[C@]2(OCc3cc4ccn(Cc5ccc(CC)cc5)c4cc32)[C@H](OCCCC)[C@@H](OCCCC)[C@@H]1OCCCC. The van der Waals surface area contributed by atoms with Crippen LogP contribution in [0.3, 0.4) is 0 Å². The van der Waals surface area contributed by atoms with Crippen LogP contribution in [0.15, 0.2) is 48.7 Å². The zero-order valence-corrected chi connectivity index (χ0v) is 29.6. The van der Waals surface area contributed by atoms with Gasteiger partial charge in [-0.3, -0.25) is 0 Å². The van der Waals surface area contributed by atoms with Gasteiger partial charge in [-0.25, -0.2) is 0 Å². The number of nitrogens with zero attached hydrogens (tertiary/aromatic N) is 1. The number of hydrogen-bond acceptors (Lipinski definition) is 6. The number of rotatable bonds is 20. The molecule has 0 saturated carbocycles. The van der Waals surface area contributed by atoms with Crippen molar-refractivity contribution in [1.29, 1.82) is 0 Å². The van der Waals surface area contributed by atoms with E-state index in [1.165, 1.54) is 16.5 Å². The van der Waals surface area contributed by atoms with E-state index in [1.54, 1.807) is 0 Å². The lowest BCUT2D eigenvalue weighted by molar-refractivity contribution is -0.384. The zero-order chi connectivity index (χ0) is 33.1. The molecule has 260 valence electrons. The molecule has 1 spiro atoms. The van der Waals surface area contributed by atoms with Gasteiger partial charge in [-0.2, -0.15) is 0 Å². The Bertz CT molecular complexity index is 1350. The third-order valence-electron chi connectivity index (χ3n) is 9.62. The van der Waals surface area contributed by atoms with Gasteiger partial charge in [0.15, 0.2) is 0 Å². The number of unbranched alkanes of at least 4 members (excludes halogenated alkanes) is 4. The molecule has 2 aromatic carbocycles. The van der Waals surface area contributed by atoms with E-state index in [0.717, 1.165) is 81.0 Å². The number of ether oxygens (including phenoxy) is 6. The molecular formula is C40H59NO6. The smallest absolute Gasteiger partial charge is 0.226 e. The quantitative estimate of drug-likeness (QED) is 0.114. The molecule has 0 N–H and O–H groups in total. The molecule has 0 unspecified atom stereocenters. The summed E-state index contributed by atoms with van der Waals surface area (Å²) in [7, 11) is 0. The Morgan fingerprint density at radius 1 is 0.745 bits per heavy atom. The second-order valence-corrected chi connectivity index (χ2v) is 13.2. The number of aromatic nitrogens is 1. The molecule has 2 aliphatic rings. The first-order chi connectivity index (χ1) is 23.1. The summed E-state index contributed by atoms with van der Waals surface area (Å²) >= 11 is 0. The van der Waals surface area contributed by atoms with Gasteiger partial charge < -0.3 is 33.0 Å². The van der Waals surface area contributed by atoms with Crippen LogP contribution in [0, 0.1) is 0 Å². The Kier molecular flexibility index (Phi) is 13.8. The van der Waals surface area contributed by atoms with E-state index >= 15 is 0 Å². The van der Waals surface area contributed by atoms with Gasteiger partial charge in [0.05, 0.1) is 13.2 Å². The maximum Gasteiger partial charge on any atom is 0.226 e. The summed E-state index contributed by atoms with van der Waals surface area (Å²) in [4.78, 5) is 0. The van der Waals surface area contributed by atoms with Crippen molar-refractivity contribution < 1.29 is 28.4 Å². The summed E-state index contributed by atoms with van der Waals surface area (Å²) in [5, 5.41) is 1.20. The Labute approximate surface area is 283 Å². The molecule has 5 rings (SSSR count). The molecule has 1 aromatic heterocycles. The van der Waals surface area contributed by atoms with Crippen molar-refractivity contribution in [3.8, 4) is 0 Å². The lowest BCUT2D eigenvalue weighted by Gasteiger charge is -2.51. The highest BCUT2D eigenvalue weighted by Crippen LogP contribution is 2.49. The summed E-state index contributed by atoms with van der Waals surface area (Å²) < 4.78 is 42.9. The molecule has 2 aliphatic heterocycles. The summed E-state index contributed by atoms with van der Waals surface area (Å²) in [6.45, 7) is 15.2. The fourth-order valence-electron chi connectivity index (χ4n) is 6.74. The van der Waals surface area contributed by atoms with Crippen LogP contribution in [0.2, 0.25) is 0 Å². The molecule has 7 heteroatoms. The number of aryl methyl sites for hydroxylation is 1. The molecule has 5 atom stereocenters. The topological polar surface area (TPSA) is 60.3 Å². The number of benzene rings is 2. The van der Waals surface area contributed by atoms with E-state index in [1.807, 2.05) is 0 Å². The molecule has 3 heterocycles. The maximum absolute atomic E-state index is 7.19. The molecule has 0 amide bonds. The molecule has 0 radical (unpaired) electrons. The Balaban J connectivity index is 1.55. The van der Waals surface area contributed by atoms with E-state index in [9.17, 15) is 0 Å². The van der Waals surface area contributed by atoms with Crippen molar-refractivity contribution >= 4 is 10.9 Å². The van der Waals surface area contributed by atoms with Gasteiger partial charge in [0.2, 0.25) is 5.79 Å². The third kappa shape index (κ3) is 8.49. The van der Waals surface area contributed by atoms with Crippen LogP contribution in [-0.2, 0) is 53.8 Å². The van der Waals surface area contributed by atoms with Gasteiger partial charge in [0, 0.05) is 50.2 Å². The van der Waals surface area contributed by atoms with Gasteiger partial charge >= 0.3 is 0 Å². The lowest BCUT2D eigenvalue weighted by atomic mass is 9.86. The highest BCUT2D eigenvalue weighted by Gasteiger charge is 2.61. The van der Waals surface area contributed by atoms with E-state index < -0.39 is 11.9 Å². The molecule has 1 fully saturated rings. The standard InChI is InChI=1S/C40H59NO6/c1-6-11-21-42-29-36-37(43-22-12-7-2)38(44-23-13-8-3)39(45-24-14-9-4)40(47-36)34-26-35-32(25-33(34)28-46-40)19-20-41(35)27-31-17-15-30(10-5)16-18-31/h15-20,25-26,36-39H,6-14,21-24,27-29H2,1-5H3/t36-,37-,38+,39-,40+/m1/s1. The molecule has 47 heavy (non-hydrogen) atoms. The monoisotopic (exact) mass is 649 g/mol. The largest absolute Gasteiger partial charge is 0.379 e. The number of hydrogen-bond donors (Lipinski definition) is 0. The van der Waals surface area contributed by atoms with Crippen molar-refractivity contribution in [1.82, 2.24) is 4.57 Å². The first kappa shape index (κ1) is 36.0. The van der Waals surface area contributed by atoms with E-state index in [2.05, 4.69) is 87.8 Å². The van der Waals surface area contributed by atoms with Crippen molar-refractivity contribution in [3.05, 3.63) is 70.9 Å². The third-order valence-corrected chi connectivity index (χ3v) is 9.62. The average Bonchev–Trinajstić information content (AvgIpc) is 3.65. The molecule has 3 aromatic rings. The fourth-order valence-corrected chi connectivity index (χ4v) is 6.74. The lowest BCUT2D eigenvalue weighted by Crippen LogP contribution is -2.66. The summed E-state index contributed by atoms with van der Waals surface area (Å²) in [5.74, 6) is -1.13. The normalized spacial score (nSPS) is 24.0. The van der Waals surface area contributed by atoms with Crippen LogP contribution >= 0.6 is 0 Å². The minimum absolute atomic E-state index is 0.330. The molecule has 1 saturated heterocycles. The van der Waals surface area contributed by atoms with Crippen LogP contribution in [0.25, 0.3) is 10.9 Å². The minimum atomic E-state index is -1.13. The van der Waals surface area contributed by atoms with Crippen molar-refractivity contribution in [3.63, 3.8) is 0 Å². The van der Waals surface area contributed by atoms with E-state index in [-0.39, 0.29) is 18.3 Å². The van der Waals surface area contributed by atoms with Crippen LogP contribution < -0.4 is 0 Å². The Morgan fingerprint density at radius 3 is 2.06 bits per heavy atom. The van der Waals surface area contributed by atoms with E-state index in [4.69, 9.17) is 28.4 Å². The zero-order valence-electron chi connectivity index (χ0n) is 29.6. The fraction of sp³-hybridized carbons (Fsp3) is 0.650. The number of fused-ring (bicyclic) bond motifs is 3. The highest BCUT2D eigenvalue weighted by atomic mass is 16.7. The van der Waals surface area contributed by atoms with Crippen LogP contribution in [0.5, 0.6) is 0 Å². The van der Waals surface area contributed by atoms with Crippen molar-refractivity contribution in [2.24, 2.45) is 0 Å². The van der Waals surface area contributed by atoms with Gasteiger partial charge in [-0.1, -0.05) is 84.6 Å². The molecule has 0 bridgehead atoms. The summed E-state index contributed by atoms with van der Waals surface area (Å²) in [6, 6.07) is 15.7. The minimum Gasteiger partial charge on any atom is -0.379 e. The molecule has 7 nitrogen and oxygen atoms in total.